The van der Waals surface area contributed by atoms with Crippen molar-refractivity contribution in [3.8, 4) is 0 Å². The molecule has 3 heteroatoms. The number of hydrogen-bond acceptors (Lipinski definition) is 2. The van der Waals surface area contributed by atoms with Crippen molar-refractivity contribution in [2.75, 3.05) is 6.54 Å². The molecule has 3 N–H and O–H groups in total. The third-order valence-electron chi connectivity index (χ3n) is 3.60. The van der Waals surface area contributed by atoms with Crippen LogP contribution in [-0.4, -0.2) is 11.7 Å². The fraction of sp³-hybridized carbons (Fsp3) is 0.500. The van der Waals surface area contributed by atoms with E-state index in [1.807, 2.05) is 24.3 Å². The van der Waals surface area contributed by atoms with Gasteiger partial charge < -0.3 is 10.8 Å². The largest absolute Gasteiger partial charge is 0.388 e. The van der Waals surface area contributed by atoms with Crippen molar-refractivity contribution in [1.82, 2.24) is 0 Å². The Balaban J connectivity index is 2.25. The molecular formula is C12H16ClNO. The summed E-state index contributed by atoms with van der Waals surface area (Å²) in [5.74, 6) is 0.497. The summed E-state index contributed by atoms with van der Waals surface area (Å²) in [7, 11) is 0. The van der Waals surface area contributed by atoms with E-state index in [1.165, 1.54) is 0 Å². The van der Waals surface area contributed by atoms with Gasteiger partial charge in [0.25, 0.3) is 0 Å². The van der Waals surface area contributed by atoms with Crippen molar-refractivity contribution in [2.24, 2.45) is 17.1 Å². The molecule has 0 unspecified atom stereocenters. The summed E-state index contributed by atoms with van der Waals surface area (Å²) in [5.41, 5.74) is 6.49. The highest BCUT2D eigenvalue weighted by Gasteiger charge is 2.55. The van der Waals surface area contributed by atoms with E-state index in [9.17, 15) is 5.11 Å². The van der Waals surface area contributed by atoms with Gasteiger partial charge in [-0.2, -0.15) is 0 Å². The van der Waals surface area contributed by atoms with Gasteiger partial charge in [0, 0.05) is 17.0 Å². The molecule has 0 radical (unpaired) electrons. The van der Waals surface area contributed by atoms with Crippen molar-refractivity contribution in [3.63, 3.8) is 0 Å². The molecule has 1 fully saturated rings. The molecule has 3 atom stereocenters. The highest BCUT2D eigenvalue weighted by atomic mass is 35.5. The van der Waals surface area contributed by atoms with Crippen LogP contribution in [0.15, 0.2) is 24.3 Å². The Labute approximate surface area is 95.1 Å². The SMILES string of the molecule is C[C@@H]1C[C@]1(CN)[C@@H](O)c1cccc(Cl)c1. The van der Waals surface area contributed by atoms with Gasteiger partial charge in [-0.15, -0.1) is 0 Å². The van der Waals surface area contributed by atoms with Crippen LogP contribution in [0, 0.1) is 11.3 Å². The number of aliphatic hydroxyl groups is 1. The zero-order valence-electron chi connectivity index (χ0n) is 8.78. The average Bonchev–Trinajstić information content (AvgIpc) is 2.90. The maximum atomic E-state index is 10.3. The third kappa shape index (κ3) is 1.78. The van der Waals surface area contributed by atoms with Crippen LogP contribution in [0.5, 0.6) is 0 Å². The van der Waals surface area contributed by atoms with Gasteiger partial charge in [-0.1, -0.05) is 30.7 Å². The second-order valence-electron chi connectivity index (χ2n) is 4.50. The molecule has 1 aliphatic rings. The fourth-order valence-electron chi connectivity index (χ4n) is 2.30. The Kier molecular flexibility index (Phi) is 2.75. The number of halogens is 1. The molecule has 2 rings (SSSR count). The lowest BCUT2D eigenvalue weighted by Gasteiger charge is -2.22. The summed E-state index contributed by atoms with van der Waals surface area (Å²) in [4.78, 5) is 0. The summed E-state index contributed by atoms with van der Waals surface area (Å²) < 4.78 is 0. The van der Waals surface area contributed by atoms with Gasteiger partial charge in [0.2, 0.25) is 0 Å². The predicted molar refractivity (Wildman–Crippen MR) is 61.7 cm³/mol. The number of nitrogens with two attached hydrogens (primary N) is 1. The Morgan fingerprint density at radius 2 is 2.33 bits per heavy atom. The molecule has 0 saturated heterocycles. The minimum absolute atomic E-state index is 0.120. The summed E-state index contributed by atoms with van der Waals surface area (Å²) in [5, 5.41) is 10.9. The lowest BCUT2D eigenvalue weighted by atomic mass is 9.91. The molecule has 1 aromatic rings. The van der Waals surface area contributed by atoms with E-state index in [2.05, 4.69) is 6.92 Å². The molecule has 15 heavy (non-hydrogen) atoms. The predicted octanol–water partition coefficient (Wildman–Crippen LogP) is 2.36. The molecule has 0 aliphatic heterocycles. The summed E-state index contributed by atoms with van der Waals surface area (Å²) in [6.45, 7) is 2.66. The van der Waals surface area contributed by atoms with Crippen LogP contribution in [-0.2, 0) is 0 Å². The molecule has 2 nitrogen and oxygen atoms in total. The molecule has 1 saturated carbocycles. The van der Waals surface area contributed by atoms with Gasteiger partial charge >= 0.3 is 0 Å². The van der Waals surface area contributed by atoms with E-state index in [4.69, 9.17) is 17.3 Å². The summed E-state index contributed by atoms with van der Waals surface area (Å²) in [6.07, 6.45) is 0.508. The highest BCUT2D eigenvalue weighted by molar-refractivity contribution is 6.30. The maximum Gasteiger partial charge on any atom is 0.0861 e. The Bertz CT molecular complexity index is 364. The van der Waals surface area contributed by atoms with Gasteiger partial charge in [0.15, 0.2) is 0 Å². The van der Waals surface area contributed by atoms with Crippen molar-refractivity contribution < 1.29 is 5.11 Å². The molecule has 0 heterocycles. The van der Waals surface area contributed by atoms with Crippen LogP contribution >= 0.6 is 11.6 Å². The Morgan fingerprint density at radius 3 is 2.80 bits per heavy atom. The standard InChI is InChI=1S/C12H16ClNO/c1-8-6-12(8,7-14)11(15)9-3-2-4-10(13)5-9/h2-5,8,11,15H,6-7,14H2,1H3/t8-,11+,12-/m1/s1. The van der Waals surface area contributed by atoms with Crippen molar-refractivity contribution >= 4 is 11.6 Å². The van der Waals surface area contributed by atoms with Crippen LogP contribution in [0.4, 0.5) is 0 Å². The number of rotatable bonds is 3. The highest BCUT2D eigenvalue weighted by Crippen LogP contribution is 2.59. The minimum atomic E-state index is -0.490. The minimum Gasteiger partial charge on any atom is -0.388 e. The van der Waals surface area contributed by atoms with Crippen LogP contribution in [0.25, 0.3) is 0 Å². The second kappa shape index (κ2) is 3.78. The first-order valence-electron chi connectivity index (χ1n) is 5.24. The molecule has 0 amide bonds. The molecule has 82 valence electrons. The lowest BCUT2D eigenvalue weighted by molar-refractivity contribution is 0.0889. The van der Waals surface area contributed by atoms with Gasteiger partial charge in [-0.05, 0) is 30.0 Å². The number of benzene rings is 1. The van der Waals surface area contributed by atoms with E-state index in [0.717, 1.165) is 12.0 Å². The zero-order chi connectivity index (χ0) is 11.1. The van der Waals surface area contributed by atoms with E-state index < -0.39 is 6.10 Å². The molecule has 0 bridgehead atoms. The quantitative estimate of drug-likeness (QED) is 0.830. The Hall–Kier alpha value is -0.570. The van der Waals surface area contributed by atoms with Crippen LogP contribution < -0.4 is 5.73 Å². The van der Waals surface area contributed by atoms with Gasteiger partial charge in [-0.25, -0.2) is 0 Å². The maximum absolute atomic E-state index is 10.3. The normalized spacial score (nSPS) is 31.3. The first-order chi connectivity index (χ1) is 7.10. The van der Waals surface area contributed by atoms with E-state index in [0.29, 0.717) is 17.5 Å². The summed E-state index contributed by atoms with van der Waals surface area (Å²) in [6, 6.07) is 7.38. The monoisotopic (exact) mass is 225 g/mol. The number of aliphatic hydroxyl groups excluding tert-OH is 1. The summed E-state index contributed by atoms with van der Waals surface area (Å²) >= 11 is 5.90. The third-order valence-corrected chi connectivity index (χ3v) is 3.83. The molecule has 1 aromatic carbocycles. The first kappa shape index (κ1) is 10.9. The smallest absolute Gasteiger partial charge is 0.0861 e. The van der Waals surface area contributed by atoms with E-state index >= 15 is 0 Å². The fourth-order valence-corrected chi connectivity index (χ4v) is 2.50. The van der Waals surface area contributed by atoms with Gasteiger partial charge in [0.1, 0.15) is 0 Å². The van der Waals surface area contributed by atoms with E-state index in [1.54, 1.807) is 0 Å². The van der Waals surface area contributed by atoms with Crippen LogP contribution in [0.2, 0.25) is 5.02 Å². The van der Waals surface area contributed by atoms with Crippen LogP contribution in [0.1, 0.15) is 25.0 Å². The van der Waals surface area contributed by atoms with E-state index in [-0.39, 0.29) is 5.41 Å². The zero-order valence-corrected chi connectivity index (χ0v) is 9.54. The molecule has 0 aromatic heterocycles. The van der Waals surface area contributed by atoms with Gasteiger partial charge in [0.05, 0.1) is 6.10 Å². The first-order valence-corrected chi connectivity index (χ1v) is 5.61. The van der Waals surface area contributed by atoms with Crippen molar-refractivity contribution in [2.45, 2.75) is 19.4 Å². The van der Waals surface area contributed by atoms with Crippen molar-refractivity contribution in [1.29, 1.82) is 0 Å². The molecular weight excluding hydrogens is 210 g/mol. The lowest BCUT2D eigenvalue weighted by Crippen LogP contribution is -2.25. The second-order valence-corrected chi connectivity index (χ2v) is 4.94. The Morgan fingerprint density at radius 1 is 1.67 bits per heavy atom. The number of hydrogen-bond donors (Lipinski definition) is 2. The molecule has 0 spiro atoms. The van der Waals surface area contributed by atoms with Crippen LogP contribution in [0.3, 0.4) is 0 Å². The molecule has 1 aliphatic carbocycles. The topological polar surface area (TPSA) is 46.2 Å². The van der Waals surface area contributed by atoms with Crippen molar-refractivity contribution in [3.05, 3.63) is 34.9 Å². The van der Waals surface area contributed by atoms with Gasteiger partial charge in [-0.3, -0.25) is 0 Å². The average molecular weight is 226 g/mol.